The van der Waals surface area contributed by atoms with E-state index in [0.29, 0.717) is 36.0 Å². The van der Waals surface area contributed by atoms with Gasteiger partial charge in [0.25, 0.3) is 5.91 Å². The molecule has 0 unspecified atom stereocenters. The number of esters is 1. The molecule has 0 aliphatic heterocycles. The molecule has 2 rings (SSSR count). The van der Waals surface area contributed by atoms with Crippen LogP contribution in [0.1, 0.15) is 57.5 Å². The van der Waals surface area contributed by atoms with Crippen molar-refractivity contribution in [2.24, 2.45) is 0 Å². The Morgan fingerprint density at radius 3 is 1.86 bits per heavy atom. The van der Waals surface area contributed by atoms with Crippen LogP contribution in [-0.2, 0) is 16.5 Å². The summed E-state index contributed by atoms with van der Waals surface area (Å²) in [6.45, 7) is 1.03. The van der Waals surface area contributed by atoms with Crippen LogP contribution >= 0.6 is 23.2 Å². The van der Waals surface area contributed by atoms with E-state index in [1.807, 2.05) is 24.3 Å². The highest BCUT2D eigenvalue weighted by atomic mass is 35.5. The number of halogens is 2. The summed E-state index contributed by atoms with van der Waals surface area (Å²) in [5.41, 5.74) is 3.14. The van der Waals surface area contributed by atoms with Crippen LogP contribution in [0.25, 0.3) is 0 Å². The van der Waals surface area contributed by atoms with Gasteiger partial charge < -0.3 is 10.1 Å². The Morgan fingerprint density at radius 1 is 0.750 bits per heavy atom. The van der Waals surface area contributed by atoms with Crippen molar-refractivity contribution in [3.8, 4) is 0 Å². The smallest absolute Gasteiger partial charge is 0.338 e. The third-order valence-electron chi connectivity index (χ3n) is 4.30. The number of carbonyl (C=O) groups excluding carboxylic acids is 2. The highest BCUT2D eigenvalue weighted by Gasteiger charge is 2.07. The van der Waals surface area contributed by atoms with Gasteiger partial charge in [-0.05, 0) is 54.7 Å². The second-order valence-electron chi connectivity index (χ2n) is 6.47. The lowest BCUT2D eigenvalue weighted by atomic mass is 10.1. The number of amides is 1. The Kier molecular flexibility index (Phi) is 9.87. The van der Waals surface area contributed by atoms with E-state index in [2.05, 4.69) is 5.32 Å². The topological polar surface area (TPSA) is 55.4 Å². The molecule has 28 heavy (non-hydrogen) atoms. The first kappa shape index (κ1) is 22.3. The van der Waals surface area contributed by atoms with Crippen molar-refractivity contribution in [2.45, 2.75) is 37.4 Å². The highest BCUT2D eigenvalue weighted by Crippen LogP contribution is 2.09. The molecule has 1 N–H and O–H groups in total. The summed E-state index contributed by atoms with van der Waals surface area (Å²) >= 11 is 11.5. The summed E-state index contributed by atoms with van der Waals surface area (Å²) < 4.78 is 5.27. The van der Waals surface area contributed by atoms with Crippen LogP contribution in [0.2, 0.25) is 0 Å². The number of unbranched alkanes of at least 4 members (excludes halogenated alkanes) is 3. The van der Waals surface area contributed by atoms with Crippen LogP contribution in [0.3, 0.4) is 0 Å². The number of hydrogen-bond acceptors (Lipinski definition) is 3. The van der Waals surface area contributed by atoms with E-state index in [4.69, 9.17) is 27.9 Å². The zero-order chi connectivity index (χ0) is 20.2. The van der Waals surface area contributed by atoms with Crippen LogP contribution in [0.15, 0.2) is 48.5 Å². The largest absolute Gasteiger partial charge is 0.462 e. The highest BCUT2D eigenvalue weighted by molar-refractivity contribution is 6.17. The van der Waals surface area contributed by atoms with Gasteiger partial charge in [-0.2, -0.15) is 0 Å². The minimum Gasteiger partial charge on any atom is -0.462 e. The minimum absolute atomic E-state index is 0.0739. The molecule has 6 heteroatoms. The first-order valence-electron chi connectivity index (χ1n) is 9.39. The molecule has 0 radical (unpaired) electrons. The molecule has 0 spiro atoms. The number of ether oxygens (including phenoxy) is 1. The van der Waals surface area contributed by atoms with E-state index >= 15 is 0 Å². The van der Waals surface area contributed by atoms with Crippen molar-refractivity contribution in [1.82, 2.24) is 5.32 Å². The lowest BCUT2D eigenvalue weighted by molar-refractivity contribution is 0.0497. The minimum atomic E-state index is -0.312. The molecule has 4 nitrogen and oxygen atoms in total. The zero-order valence-electron chi connectivity index (χ0n) is 15.8. The van der Waals surface area contributed by atoms with Crippen molar-refractivity contribution < 1.29 is 14.3 Å². The van der Waals surface area contributed by atoms with Crippen LogP contribution in [0.4, 0.5) is 0 Å². The molecule has 0 aromatic heterocycles. The van der Waals surface area contributed by atoms with Gasteiger partial charge in [-0.15, -0.1) is 23.2 Å². The molecule has 2 aromatic rings. The third kappa shape index (κ3) is 7.53. The Hall–Kier alpha value is -2.04. The Bertz CT molecular complexity index is 680. The predicted molar refractivity (Wildman–Crippen MR) is 113 cm³/mol. The molecule has 0 aliphatic carbocycles. The van der Waals surface area contributed by atoms with Gasteiger partial charge >= 0.3 is 5.97 Å². The van der Waals surface area contributed by atoms with Gasteiger partial charge in [-0.1, -0.05) is 30.7 Å². The quantitative estimate of drug-likeness (QED) is 0.303. The third-order valence-corrected chi connectivity index (χ3v) is 4.92. The molecule has 0 aliphatic rings. The summed E-state index contributed by atoms with van der Waals surface area (Å²) in [5.74, 6) is 0.483. The summed E-state index contributed by atoms with van der Waals surface area (Å²) in [7, 11) is 0. The standard InChI is InChI=1S/C22H25Cl2NO3/c23-15-17-5-9-19(10-6-17)21(26)25-13-3-1-2-4-14-28-22(27)20-11-7-18(16-24)8-12-20/h5-12H,1-4,13-16H2,(H,25,26). The van der Waals surface area contributed by atoms with Crippen molar-refractivity contribution in [1.29, 1.82) is 0 Å². The average molecular weight is 422 g/mol. The zero-order valence-corrected chi connectivity index (χ0v) is 17.3. The van der Waals surface area contributed by atoms with Gasteiger partial charge in [-0.25, -0.2) is 4.79 Å². The molecular formula is C22H25Cl2NO3. The van der Waals surface area contributed by atoms with E-state index < -0.39 is 0 Å². The van der Waals surface area contributed by atoms with Gasteiger partial charge in [-0.3, -0.25) is 4.79 Å². The molecule has 0 saturated heterocycles. The number of hydrogen-bond donors (Lipinski definition) is 1. The van der Waals surface area contributed by atoms with Crippen molar-refractivity contribution in [2.75, 3.05) is 13.2 Å². The second-order valence-corrected chi connectivity index (χ2v) is 7.00. The van der Waals surface area contributed by atoms with Crippen molar-refractivity contribution >= 4 is 35.1 Å². The van der Waals surface area contributed by atoms with Gasteiger partial charge in [0.1, 0.15) is 0 Å². The summed E-state index contributed by atoms with van der Waals surface area (Å²) in [6, 6.07) is 14.4. The fourth-order valence-electron chi connectivity index (χ4n) is 2.61. The van der Waals surface area contributed by atoms with E-state index in [0.717, 1.165) is 36.8 Å². The Morgan fingerprint density at radius 2 is 1.29 bits per heavy atom. The van der Waals surface area contributed by atoms with Crippen molar-refractivity contribution in [3.63, 3.8) is 0 Å². The van der Waals surface area contributed by atoms with Gasteiger partial charge in [0, 0.05) is 23.9 Å². The normalized spacial score (nSPS) is 10.5. The van der Waals surface area contributed by atoms with Crippen LogP contribution in [-0.4, -0.2) is 25.0 Å². The lowest BCUT2D eigenvalue weighted by Crippen LogP contribution is -2.24. The number of nitrogens with one attached hydrogen (secondary N) is 1. The first-order valence-corrected chi connectivity index (χ1v) is 10.5. The molecule has 150 valence electrons. The molecule has 0 saturated carbocycles. The number of rotatable bonds is 11. The predicted octanol–water partition coefficient (Wildman–Crippen LogP) is 5.31. The van der Waals surface area contributed by atoms with Crippen molar-refractivity contribution in [3.05, 3.63) is 70.8 Å². The summed E-state index contributed by atoms with van der Waals surface area (Å²) in [6.07, 6.45) is 3.60. The first-order chi connectivity index (χ1) is 13.6. The molecular weight excluding hydrogens is 397 g/mol. The van der Waals surface area contributed by atoms with Gasteiger partial charge in [0.2, 0.25) is 0 Å². The molecule has 0 fully saturated rings. The number of carbonyl (C=O) groups is 2. The Balaban J connectivity index is 1.53. The maximum Gasteiger partial charge on any atom is 0.338 e. The maximum absolute atomic E-state index is 12.0. The van der Waals surface area contributed by atoms with Crippen LogP contribution in [0, 0.1) is 0 Å². The molecule has 0 atom stereocenters. The lowest BCUT2D eigenvalue weighted by Gasteiger charge is -2.07. The van der Waals surface area contributed by atoms with E-state index in [9.17, 15) is 9.59 Å². The molecule has 0 heterocycles. The van der Waals surface area contributed by atoms with E-state index in [1.165, 1.54) is 0 Å². The van der Waals surface area contributed by atoms with Crippen LogP contribution in [0.5, 0.6) is 0 Å². The number of alkyl halides is 2. The number of benzene rings is 2. The molecule has 2 aromatic carbocycles. The summed E-state index contributed by atoms with van der Waals surface area (Å²) in [4.78, 5) is 23.9. The molecule has 0 bridgehead atoms. The molecule has 1 amide bonds. The fourth-order valence-corrected chi connectivity index (χ4v) is 2.96. The Labute approximate surface area is 176 Å². The average Bonchev–Trinajstić information content (AvgIpc) is 2.75. The van der Waals surface area contributed by atoms with E-state index in [1.54, 1.807) is 24.3 Å². The second kappa shape index (κ2) is 12.4. The SMILES string of the molecule is O=C(NCCCCCCOC(=O)c1ccc(CCl)cc1)c1ccc(CCl)cc1. The van der Waals surface area contributed by atoms with Crippen LogP contribution < -0.4 is 5.32 Å². The van der Waals surface area contributed by atoms with E-state index in [-0.39, 0.29) is 11.9 Å². The summed E-state index contributed by atoms with van der Waals surface area (Å²) in [5, 5.41) is 2.91. The van der Waals surface area contributed by atoms with Gasteiger partial charge in [0.05, 0.1) is 12.2 Å². The monoisotopic (exact) mass is 421 g/mol. The maximum atomic E-state index is 12.0. The van der Waals surface area contributed by atoms with Gasteiger partial charge in [0.15, 0.2) is 0 Å². The fraction of sp³-hybridized carbons (Fsp3) is 0.364.